The van der Waals surface area contributed by atoms with Crippen LogP contribution in [0.5, 0.6) is 0 Å². The summed E-state index contributed by atoms with van der Waals surface area (Å²) >= 11 is 0. The van der Waals surface area contributed by atoms with Gasteiger partial charge in [0.1, 0.15) is 12.7 Å². The van der Waals surface area contributed by atoms with Gasteiger partial charge in [0.25, 0.3) is 0 Å². The third-order valence-electron chi connectivity index (χ3n) is 4.68. The molecule has 0 bridgehead atoms. The Balaban J connectivity index is 1.64. The molecule has 0 N–H and O–H groups in total. The van der Waals surface area contributed by atoms with Gasteiger partial charge in [0.2, 0.25) is 0 Å². The predicted molar refractivity (Wildman–Crippen MR) is 84.1 cm³/mol. The largest absolute Gasteiger partial charge is 0.460 e. The fourth-order valence-corrected chi connectivity index (χ4v) is 3.75. The SMILES string of the molecule is O=C(OCc1ccccc1)N(C[C@@H]1CC2(CCC2)C(=O)O1)S(=O)(=O)F. The minimum atomic E-state index is -5.33. The highest BCUT2D eigenvalue weighted by Gasteiger charge is 2.53. The lowest BCUT2D eigenvalue weighted by atomic mass is 9.67. The molecule has 9 heteroatoms. The van der Waals surface area contributed by atoms with E-state index in [1.165, 1.54) is 0 Å². The van der Waals surface area contributed by atoms with Gasteiger partial charge in [-0.05, 0) is 18.4 Å². The first kappa shape index (κ1) is 17.7. The molecular weight excluding hydrogens is 353 g/mol. The maximum Gasteiger partial charge on any atom is 0.426 e. The van der Waals surface area contributed by atoms with Gasteiger partial charge in [-0.1, -0.05) is 40.6 Å². The Morgan fingerprint density at radius 2 is 2.00 bits per heavy atom. The zero-order valence-electron chi connectivity index (χ0n) is 13.4. The Morgan fingerprint density at radius 1 is 1.32 bits per heavy atom. The minimum Gasteiger partial charge on any atom is -0.460 e. The van der Waals surface area contributed by atoms with Crippen LogP contribution in [-0.2, 0) is 31.3 Å². The summed E-state index contributed by atoms with van der Waals surface area (Å²) in [6.45, 7) is -0.778. The van der Waals surface area contributed by atoms with Gasteiger partial charge in [-0.25, -0.2) is 4.79 Å². The number of benzene rings is 1. The molecule has 1 aromatic rings. The molecule has 1 amide bonds. The highest BCUT2D eigenvalue weighted by molar-refractivity contribution is 7.84. The molecule has 25 heavy (non-hydrogen) atoms. The van der Waals surface area contributed by atoms with Crippen LogP contribution in [0.25, 0.3) is 0 Å². The van der Waals surface area contributed by atoms with Crippen molar-refractivity contribution in [3.63, 3.8) is 0 Å². The van der Waals surface area contributed by atoms with E-state index in [2.05, 4.69) is 0 Å². The van der Waals surface area contributed by atoms with E-state index in [1.54, 1.807) is 30.3 Å². The van der Waals surface area contributed by atoms with Gasteiger partial charge in [0, 0.05) is 6.42 Å². The van der Waals surface area contributed by atoms with E-state index in [9.17, 15) is 21.9 Å². The van der Waals surface area contributed by atoms with E-state index in [0.29, 0.717) is 18.4 Å². The molecule has 136 valence electrons. The molecule has 1 aromatic carbocycles. The van der Waals surface area contributed by atoms with E-state index < -0.39 is 40.5 Å². The third-order valence-corrected chi connectivity index (χ3v) is 5.50. The lowest BCUT2D eigenvalue weighted by Crippen LogP contribution is -2.40. The second kappa shape index (κ2) is 6.62. The van der Waals surface area contributed by atoms with Gasteiger partial charge in [0.05, 0.1) is 12.0 Å². The fraction of sp³-hybridized carbons (Fsp3) is 0.500. The van der Waals surface area contributed by atoms with Crippen molar-refractivity contribution in [2.45, 2.75) is 38.4 Å². The molecule has 0 radical (unpaired) electrons. The summed E-state index contributed by atoms with van der Waals surface area (Å²) in [4.78, 5) is 23.9. The van der Waals surface area contributed by atoms with Crippen LogP contribution in [0.4, 0.5) is 8.68 Å². The molecule has 1 spiro atoms. The lowest BCUT2D eigenvalue weighted by Gasteiger charge is -2.33. The average Bonchev–Trinajstić information content (AvgIpc) is 2.87. The number of carbonyl (C=O) groups excluding carboxylic acids is 2. The molecule has 1 aliphatic carbocycles. The molecule has 0 unspecified atom stereocenters. The second-order valence-electron chi connectivity index (χ2n) is 6.38. The number of ether oxygens (including phenoxy) is 2. The number of hydrogen-bond acceptors (Lipinski definition) is 6. The number of amides is 1. The first-order valence-electron chi connectivity index (χ1n) is 7.94. The Labute approximate surface area is 145 Å². The van der Waals surface area contributed by atoms with Crippen molar-refractivity contribution in [3.05, 3.63) is 35.9 Å². The summed E-state index contributed by atoms with van der Waals surface area (Å²) in [6.07, 6.45) is 0.321. The van der Waals surface area contributed by atoms with Crippen molar-refractivity contribution < 1.29 is 31.4 Å². The van der Waals surface area contributed by atoms with Crippen LogP contribution in [0.2, 0.25) is 0 Å². The molecule has 7 nitrogen and oxygen atoms in total. The zero-order valence-corrected chi connectivity index (χ0v) is 14.2. The molecule has 1 heterocycles. The molecule has 2 aliphatic rings. The van der Waals surface area contributed by atoms with Crippen molar-refractivity contribution in [2.75, 3.05) is 6.54 Å². The summed E-state index contributed by atoms with van der Waals surface area (Å²) in [6, 6.07) is 8.58. The minimum absolute atomic E-state index is 0.0222. The average molecular weight is 371 g/mol. The van der Waals surface area contributed by atoms with Gasteiger partial charge < -0.3 is 9.47 Å². The maximum absolute atomic E-state index is 13.5. The van der Waals surface area contributed by atoms with Crippen LogP contribution in [0.15, 0.2) is 30.3 Å². The highest BCUT2D eigenvalue weighted by atomic mass is 32.3. The molecule has 3 rings (SSSR count). The van der Waals surface area contributed by atoms with Crippen molar-refractivity contribution in [1.29, 1.82) is 0 Å². The van der Waals surface area contributed by atoms with Crippen molar-refractivity contribution >= 4 is 22.5 Å². The van der Waals surface area contributed by atoms with Crippen LogP contribution >= 0.6 is 0 Å². The standard InChI is InChI=1S/C16H18FNO6S/c17-25(21,22)18(15(20)23-11-12-5-2-1-3-6-12)10-13-9-16(7-4-8-16)14(19)24-13/h1-3,5-6,13H,4,7-11H2/t13-/m0/s1. The monoisotopic (exact) mass is 371 g/mol. The molecule has 1 atom stereocenters. The van der Waals surface area contributed by atoms with Gasteiger partial charge in [-0.15, -0.1) is 0 Å². The van der Waals surface area contributed by atoms with Crippen LogP contribution in [0.1, 0.15) is 31.2 Å². The van der Waals surface area contributed by atoms with E-state index in [0.717, 1.165) is 6.42 Å². The number of cyclic esters (lactones) is 1. The van der Waals surface area contributed by atoms with E-state index in [4.69, 9.17) is 9.47 Å². The number of halogens is 1. The Kier molecular flexibility index (Phi) is 4.68. The van der Waals surface area contributed by atoms with Crippen LogP contribution in [0, 0.1) is 5.41 Å². The maximum atomic E-state index is 13.5. The quantitative estimate of drug-likeness (QED) is 0.583. The number of esters is 1. The van der Waals surface area contributed by atoms with Gasteiger partial charge >= 0.3 is 22.5 Å². The van der Waals surface area contributed by atoms with Gasteiger partial charge in [-0.3, -0.25) is 4.79 Å². The smallest absolute Gasteiger partial charge is 0.426 e. The summed E-state index contributed by atoms with van der Waals surface area (Å²) in [5.74, 6) is -0.405. The second-order valence-corrected chi connectivity index (χ2v) is 7.64. The summed E-state index contributed by atoms with van der Waals surface area (Å²) in [5, 5.41) is 0. The molecule has 0 aromatic heterocycles. The zero-order chi connectivity index (χ0) is 18.1. The topological polar surface area (TPSA) is 90.0 Å². The first-order chi connectivity index (χ1) is 11.8. The lowest BCUT2D eigenvalue weighted by molar-refractivity contribution is -0.152. The van der Waals surface area contributed by atoms with Crippen LogP contribution in [0.3, 0.4) is 0 Å². The molecule has 1 saturated heterocycles. The molecular formula is C16H18FNO6S. The number of carbonyl (C=O) groups is 2. The van der Waals surface area contributed by atoms with Gasteiger partial charge in [-0.2, -0.15) is 12.7 Å². The molecule has 1 saturated carbocycles. The highest BCUT2D eigenvalue weighted by Crippen LogP contribution is 2.50. The Morgan fingerprint density at radius 3 is 2.52 bits per heavy atom. The Bertz CT molecular complexity index is 762. The third kappa shape index (κ3) is 3.76. The van der Waals surface area contributed by atoms with Crippen LogP contribution in [-0.4, -0.2) is 37.4 Å². The van der Waals surface area contributed by atoms with Gasteiger partial charge in [0.15, 0.2) is 0 Å². The van der Waals surface area contributed by atoms with Crippen molar-refractivity contribution in [2.24, 2.45) is 5.41 Å². The summed E-state index contributed by atoms with van der Waals surface area (Å²) in [7, 11) is -5.33. The van der Waals surface area contributed by atoms with E-state index >= 15 is 0 Å². The van der Waals surface area contributed by atoms with Crippen LogP contribution < -0.4 is 0 Å². The predicted octanol–water partition coefficient (Wildman–Crippen LogP) is 2.33. The molecule has 2 fully saturated rings. The Hall–Kier alpha value is -2.16. The number of rotatable bonds is 5. The normalized spacial score (nSPS) is 21.5. The van der Waals surface area contributed by atoms with E-state index in [1.807, 2.05) is 0 Å². The molecule has 1 aliphatic heterocycles. The summed E-state index contributed by atoms with van der Waals surface area (Å²) < 4.78 is 46.1. The number of nitrogens with zero attached hydrogens (tertiary/aromatic N) is 1. The van der Waals surface area contributed by atoms with Crippen molar-refractivity contribution in [3.8, 4) is 0 Å². The van der Waals surface area contributed by atoms with Crippen molar-refractivity contribution in [1.82, 2.24) is 4.31 Å². The first-order valence-corrected chi connectivity index (χ1v) is 9.28. The summed E-state index contributed by atoms with van der Waals surface area (Å²) in [5.41, 5.74) is 0.0393. The number of hydrogen-bond donors (Lipinski definition) is 0. The fourth-order valence-electron chi connectivity index (χ4n) is 3.18. The van der Waals surface area contributed by atoms with E-state index in [-0.39, 0.29) is 17.3 Å².